The number of pyridine rings is 1. The number of para-hydroxylation sites is 1. The van der Waals surface area contributed by atoms with Crippen molar-refractivity contribution in [2.24, 2.45) is 7.05 Å². The van der Waals surface area contributed by atoms with Crippen LogP contribution in [0.25, 0.3) is 22.0 Å². The number of ether oxygens (including phenoxy) is 1. The van der Waals surface area contributed by atoms with Crippen LogP contribution in [-0.4, -0.2) is 33.2 Å². The fraction of sp³-hybridized carbons (Fsp3) is 0.286. The molecule has 0 N–H and O–H groups in total. The Morgan fingerprint density at radius 2 is 1.89 bits per heavy atom. The van der Waals surface area contributed by atoms with Crippen molar-refractivity contribution in [2.75, 3.05) is 11.5 Å². The average Bonchev–Trinajstić information content (AvgIpc) is 3.38. The van der Waals surface area contributed by atoms with Crippen LogP contribution >= 0.6 is 0 Å². The second-order valence-corrected chi connectivity index (χ2v) is 8.87. The number of carbonyl (C=O) groups is 2. The molecule has 1 amide bonds. The molecule has 0 spiro atoms. The van der Waals surface area contributed by atoms with E-state index in [0.29, 0.717) is 25.9 Å². The topological polar surface area (TPSA) is 77.3 Å². The number of rotatable bonds is 7. The largest absolute Gasteiger partial charge is 0.466 e. The zero-order valence-electron chi connectivity index (χ0n) is 20.2. The Morgan fingerprint density at radius 1 is 1.09 bits per heavy atom. The van der Waals surface area contributed by atoms with Gasteiger partial charge in [0.1, 0.15) is 0 Å². The van der Waals surface area contributed by atoms with Crippen LogP contribution in [0.15, 0.2) is 61.1 Å². The molecule has 35 heavy (non-hydrogen) atoms. The first-order chi connectivity index (χ1) is 17.0. The van der Waals surface area contributed by atoms with Crippen LogP contribution in [0.2, 0.25) is 0 Å². The highest BCUT2D eigenvalue weighted by molar-refractivity contribution is 6.11. The molecule has 1 unspecified atom stereocenters. The van der Waals surface area contributed by atoms with Crippen molar-refractivity contribution in [3.63, 3.8) is 0 Å². The summed E-state index contributed by atoms with van der Waals surface area (Å²) in [6.07, 6.45) is 7.05. The van der Waals surface area contributed by atoms with Gasteiger partial charge in [-0.1, -0.05) is 30.3 Å². The first kappa shape index (κ1) is 22.8. The molecule has 1 aliphatic rings. The van der Waals surface area contributed by atoms with E-state index in [0.717, 1.165) is 44.5 Å². The van der Waals surface area contributed by atoms with Gasteiger partial charge in [0.25, 0.3) is 0 Å². The predicted molar refractivity (Wildman–Crippen MR) is 135 cm³/mol. The third-order valence-electron chi connectivity index (χ3n) is 6.68. The summed E-state index contributed by atoms with van der Waals surface area (Å²) in [4.78, 5) is 31.6. The first-order valence-corrected chi connectivity index (χ1v) is 11.9. The normalized spacial score (nSPS) is 15.0. The molecule has 0 saturated heterocycles. The molecule has 0 fully saturated rings. The molecular weight excluding hydrogens is 440 g/mol. The van der Waals surface area contributed by atoms with Gasteiger partial charge in [-0.2, -0.15) is 5.10 Å². The molecule has 2 aromatic carbocycles. The Balaban J connectivity index is 1.44. The molecule has 2 aromatic heterocycles. The standard InChI is InChI=1S/C28H28N4O3/c1-4-35-26(33)10-6-9-22-21-8-5-7-18(2)27(21)32(28(22)34)20-13-11-19(12-14-20)23-15-29-17-25-24(23)16-30-31(25)3/h5,7-8,11-17,22H,4,6,9-10H2,1-3H3. The number of fused-ring (bicyclic) bond motifs is 2. The molecule has 1 aliphatic heterocycles. The van der Waals surface area contributed by atoms with Crippen LogP contribution in [0.4, 0.5) is 11.4 Å². The van der Waals surface area contributed by atoms with E-state index < -0.39 is 0 Å². The lowest BCUT2D eigenvalue weighted by atomic mass is 9.94. The Labute approximate surface area is 204 Å². The molecule has 178 valence electrons. The highest BCUT2D eigenvalue weighted by atomic mass is 16.5. The maximum atomic E-state index is 13.6. The maximum absolute atomic E-state index is 13.6. The van der Waals surface area contributed by atoms with Gasteiger partial charge in [-0.15, -0.1) is 0 Å². The number of aromatic nitrogens is 3. The number of carbonyl (C=O) groups excluding carboxylic acids is 2. The summed E-state index contributed by atoms with van der Waals surface area (Å²) in [6.45, 7) is 4.20. The van der Waals surface area contributed by atoms with Gasteiger partial charge in [0.2, 0.25) is 5.91 Å². The lowest BCUT2D eigenvalue weighted by molar-refractivity contribution is -0.143. The van der Waals surface area contributed by atoms with Gasteiger partial charge in [0.05, 0.1) is 36.1 Å². The third kappa shape index (κ3) is 4.07. The molecule has 0 aliphatic carbocycles. The number of benzene rings is 2. The van der Waals surface area contributed by atoms with Crippen molar-refractivity contribution >= 4 is 34.2 Å². The number of amides is 1. The van der Waals surface area contributed by atoms with E-state index in [2.05, 4.69) is 10.1 Å². The second kappa shape index (κ2) is 9.33. The van der Waals surface area contributed by atoms with Crippen LogP contribution in [0, 0.1) is 6.92 Å². The van der Waals surface area contributed by atoms with E-state index in [1.54, 1.807) is 6.92 Å². The number of aryl methyl sites for hydroxylation is 2. The van der Waals surface area contributed by atoms with Gasteiger partial charge in [0.15, 0.2) is 0 Å². The highest BCUT2D eigenvalue weighted by Gasteiger charge is 2.38. The number of hydrogen-bond donors (Lipinski definition) is 0. The van der Waals surface area contributed by atoms with Crippen LogP contribution in [0.3, 0.4) is 0 Å². The van der Waals surface area contributed by atoms with E-state index in [9.17, 15) is 9.59 Å². The summed E-state index contributed by atoms with van der Waals surface area (Å²) in [6, 6.07) is 14.1. The Bertz CT molecular complexity index is 1410. The summed E-state index contributed by atoms with van der Waals surface area (Å²) in [5.74, 6) is -0.442. The Morgan fingerprint density at radius 3 is 2.66 bits per heavy atom. The van der Waals surface area contributed by atoms with Crippen molar-refractivity contribution < 1.29 is 14.3 Å². The van der Waals surface area contributed by atoms with Gasteiger partial charge >= 0.3 is 5.97 Å². The molecule has 5 rings (SSSR count). The molecular formula is C28H28N4O3. The molecule has 3 heterocycles. The van der Waals surface area contributed by atoms with E-state index in [1.807, 2.05) is 84.6 Å². The van der Waals surface area contributed by atoms with E-state index in [1.165, 1.54) is 0 Å². The minimum atomic E-state index is -0.271. The van der Waals surface area contributed by atoms with Gasteiger partial charge in [-0.05, 0) is 55.5 Å². The number of anilines is 2. The zero-order chi connectivity index (χ0) is 24.5. The Kier molecular flexibility index (Phi) is 6.07. The van der Waals surface area contributed by atoms with E-state index in [-0.39, 0.29) is 17.8 Å². The van der Waals surface area contributed by atoms with Gasteiger partial charge in [0, 0.05) is 36.3 Å². The minimum Gasteiger partial charge on any atom is -0.466 e. The fourth-order valence-corrected chi connectivity index (χ4v) is 4.97. The maximum Gasteiger partial charge on any atom is 0.305 e. The number of esters is 1. The van der Waals surface area contributed by atoms with Crippen LogP contribution in [0.1, 0.15) is 43.2 Å². The third-order valence-corrected chi connectivity index (χ3v) is 6.68. The van der Waals surface area contributed by atoms with Crippen molar-refractivity contribution in [3.8, 4) is 11.1 Å². The van der Waals surface area contributed by atoms with Crippen molar-refractivity contribution in [1.82, 2.24) is 14.8 Å². The van der Waals surface area contributed by atoms with Crippen molar-refractivity contribution in [2.45, 2.75) is 39.0 Å². The van der Waals surface area contributed by atoms with Gasteiger partial charge < -0.3 is 4.74 Å². The minimum absolute atomic E-state index is 0.0435. The molecule has 7 nitrogen and oxygen atoms in total. The number of nitrogens with zero attached hydrogens (tertiary/aromatic N) is 4. The van der Waals surface area contributed by atoms with Crippen molar-refractivity contribution in [3.05, 3.63) is 72.2 Å². The fourth-order valence-electron chi connectivity index (χ4n) is 4.97. The van der Waals surface area contributed by atoms with Crippen molar-refractivity contribution in [1.29, 1.82) is 0 Å². The molecule has 1 atom stereocenters. The summed E-state index contributed by atoms with van der Waals surface area (Å²) in [5, 5.41) is 5.39. The lowest BCUT2D eigenvalue weighted by Gasteiger charge is -2.20. The van der Waals surface area contributed by atoms with E-state index in [4.69, 9.17) is 4.74 Å². The average molecular weight is 469 g/mol. The van der Waals surface area contributed by atoms with Crippen LogP contribution < -0.4 is 4.90 Å². The molecule has 0 radical (unpaired) electrons. The van der Waals surface area contributed by atoms with Gasteiger partial charge in [-0.25, -0.2) is 0 Å². The van der Waals surface area contributed by atoms with Crippen LogP contribution in [0.5, 0.6) is 0 Å². The highest BCUT2D eigenvalue weighted by Crippen LogP contribution is 2.46. The van der Waals surface area contributed by atoms with Gasteiger partial charge in [-0.3, -0.25) is 24.2 Å². The quantitative estimate of drug-likeness (QED) is 0.338. The summed E-state index contributed by atoms with van der Waals surface area (Å²) < 4.78 is 6.85. The Hall–Kier alpha value is -4.00. The predicted octanol–water partition coefficient (Wildman–Crippen LogP) is 5.44. The molecule has 7 heteroatoms. The second-order valence-electron chi connectivity index (χ2n) is 8.87. The smallest absolute Gasteiger partial charge is 0.305 e. The molecule has 0 bridgehead atoms. The SMILES string of the molecule is CCOC(=O)CCCC1C(=O)N(c2ccc(-c3cncc4c3cnn4C)cc2)c2c(C)cccc21. The summed E-state index contributed by atoms with van der Waals surface area (Å²) in [7, 11) is 1.90. The monoisotopic (exact) mass is 468 g/mol. The summed E-state index contributed by atoms with van der Waals surface area (Å²) >= 11 is 0. The number of hydrogen-bond acceptors (Lipinski definition) is 5. The van der Waals surface area contributed by atoms with E-state index >= 15 is 0 Å². The molecule has 0 saturated carbocycles. The lowest BCUT2D eigenvalue weighted by Crippen LogP contribution is -2.24. The van der Waals surface area contributed by atoms with Crippen LogP contribution in [-0.2, 0) is 21.4 Å². The zero-order valence-corrected chi connectivity index (χ0v) is 20.2. The first-order valence-electron chi connectivity index (χ1n) is 11.9. The molecule has 4 aromatic rings. The summed E-state index contributed by atoms with van der Waals surface area (Å²) in [5.41, 5.74) is 6.84.